The van der Waals surface area contributed by atoms with Gasteiger partial charge in [0.25, 0.3) is 0 Å². The maximum absolute atomic E-state index is 11.5. The van der Waals surface area contributed by atoms with Gasteiger partial charge in [-0.05, 0) is 48.2 Å². The number of carbonyl (C=O) groups excluding carboxylic acids is 1. The molecule has 0 unspecified atom stereocenters. The SMILES string of the molecule is NC(=O)c1cc(CO)cc(-c2cnc3c(c2)C2(CC2)CN3)c1. The molecule has 1 spiro atoms. The van der Waals surface area contributed by atoms with E-state index >= 15 is 0 Å². The number of amides is 1. The van der Waals surface area contributed by atoms with Gasteiger partial charge in [-0.15, -0.1) is 0 Å². The molecule has 5 nitrogen and oxygen atoms in total. The van der Waals surface area contributed by atoms with E-state index < -0.39 is 5.91 Å². The molecule has 4 N–H and O–H groups in total. The molecule has 1 fully saturated rings. The van der Waals surface area contributed by atoms with Crippen LogP contribution in [-0.2, 0) is 12.0 Å². The largest absolute Gasteiger partial charge is 0.392 e. The summed E-state index contributed by atoms with van der Waals surface area (Å²) in [5, 5.41) is 12.7. The quantitative estimate of drug-likeness (QED) is 0.805. The van der Waals surface area contributed by atoms with Crippen molar-refractivity contribution in [3.8, 4) is 11.1 Å². The first-order chi connectivity index (χ1) is 10.6. The van der Waals surface area contributed by atoms with Crippen molar-refractivity contribution >= 4 is 11.7 Å². The van der Waals surface area contributed by atoms with Crippen LogP contribution >= 0.6 is 0 Å². The number of hydrogen-bond donors (Lipinski definition) is 3. The lowest BCUT2D eigenvalue weighted by Gasteiger charge is -2.10. The van der Waals surface area contributed by atoms with Crippen LogP contribution in [0.1, 0.15) is 34.3 Å². The van der Waals surface area contributed by atoms with Crippen LogP contribution in [0.3, 0.4) is 0 Å². The van der Waals surface area contributed by atoms with Crippen molar-refractivity contribution < 1.29 is 9.90 Å². The van der Waals surface area contributed by atoms with Crippen molar-refractivity contribution in [3.05, 3.63) is 47.2 Å². The molecule has 4 rings (SSSR count). The van der Waals surface area contributed by atoms with Gasteiger partial charge in [0, 0.05) is 34.8 Å². The minimum atomic E-state index is -0.494. The lowest BCUT2D eigenvalue weighted by molar-refractivity contribution is 0.1000. The maximum Gasteiger partial charge on any atom is 0.248 e. The second kappa shape index (κ2) is 4.55. The van der Waals surface area contributed by atoms with Gasteiger partial charge >= 0.3 is 0 Å². The van der Waals surface area contributed by atoms with Crippen LogP contribution in [0.25, 0.3) is 11.1 Å². The Morgan fingerprint density at radius 3 is 2.77 bits per heavy atom. The number of rotatable bonds is 3. The van der Waals surface area contributed by atoms with Crippen LogP contribution in [0.15, 0.2) is 30.5 Å². The monoisotopic (exact) mass is 295 g/mol. The highest BCUT2D eigenvalue weighted by molar-refractivity contribution is 5.94. The van der Waals surface area contributed by atoms with Gasteiger partial charge in [0.2, 0.25) is 5.91 Å². The van der Waals surface area contributed by atoms with Crippen LogP contribution in [0.5, 0.6) is 0 Å². The molecule has 1 aromatic heterocycles. The Hall–Kier alpha value is -2.40. The van der Waals surface area contributed by atoms with Crippen molar-refractivity contribution in [1.82, 2.24) is 4.98 Å². The van der Waals surface area contributed by atoms with Gasteiger partial charge in [0.05, 0.1) is 6.61 Å². The lowest BCUT2D eigenvalue weighted by atomic mass is 9.95. The van der Waals surface area contributed by atoms with E-state index in [1.165, 1.54) is 18.4 Å². The number of fused-ring (bicyclic) bond motifs is 2. The lowest BCUT2D eigenvalue weighted by Crippen LogP contribution is -2.11. The van der Waals surface area contributed by atoms with Crippen molar-refractivity contribution in [3.63, 3.8) is 0 Å². The molecule has 0 bridgehead atoms. The number of aliphatic hydroxyl groups excluding tert-OH is 1. The fraction of sp³-hybridized carbons (Fsp3) is 0.294. The molecule has 2 aromatic rings. The van der Waals surface area contributed by atoms with Crippen LogP contribution in [0.4, 0.5) is 5.82 Å². The third-order valence-electron chi connectivity index (χ3n) is 4.70. The second-order valence-corrected chi connectivity index (χ2v) is 6.20. The zero-order valence-electron chi connectivity index (χ0n) is 12.1. The first-order valence-electron chi connectivity index (χ1n) is 7.41. The van der Waals surface area contributed by atoms with Crippen LogP contribution in [-0.4, -0.2) is 22.5 Å². The highest BCUT2D eigenvalue weighted by Gasteiger charge is 2.49. The van der Waals surface area contributed by atoms with Gasteiger partial charge in [0.15, 0.2) is 0 Å². The third kappa shape index (κ3) is 1.97. The van der Waals surface area contributed by atoms with E-state index in [1.807, 2.05) is 6.07 Å². The van der Waals surface area contributed by atoms with Gasteiger partial charge in [-0.3, -0.25) is 4.79 Å². The summed E-state index contributed by atoms with van der Waals surface area (Å²) in [4.78, 5) is 16.0. The fourth-order valence-electron chi connectivity index (χ4n) is 3.21. The number of nitrogens with zero attached hydrogens (tertiary/aromatic N) is 1. The number of aromatic nitrogens is 1. The molecule has 1 aliphatic heterocycles. The zero-order chi connectivity index (χ0) is 15.3. The standard InChI is InChI=1S/C17H17N3O2/c18-15(22)12-4-10(8-21)3-11(5-12)13-6-14-16(19-7-13)20-9-17(14)1-2-17/h3-7,21H,1-2,8-9H2,(H2,18,22)(H,19,20). The van der Waals surface area contributed by atoms with E-state index in [4.69, 9.17) is 5.73 Å². The summed E-state index contributed by atoms with van der Waals surface area (Å²) >= 11 is 0. The van der Waals surface area contributed by atoms with Crippen molar-refractivity contribution in [2.24, 2.45) is 5.73 Å². The molecule has 2 aliphatic rings. The summed E-state index contributed by atoms with van der Waals surface area (Å²) in [5.41, 5.74) is 9.79. The maximum atomic E-state index is 11.5. The van der Waals surface area contributed by atoms with Gasteiger partial charge in [-0.25, -0.2) is 4.98 Å². The number of benzene rings is 1. The Balaban J connectivity index is 1.82. The molecule has 0 saturated heterocycles. The van der Waals surface area contributed by atoms with E-state index in [1.54, 1.807) is 18.3 Å². The molecule has 112 valence electrons. The first kappa shape index (κ1) is 13.3. The Morgan fingerprint density at radius 1 is 1.27 bits per heavy atom. The molecule has 1 saturated carbocycles. The normalized spacial score (nSPS) is 17.1. The highest BCUT2D eigenvalue weighted by Crippen LogP contribution is 2.54. The molecule has 1 amide bonds. The summed E-state index contributed by atoms with van der Waals surface area (Å²) in [6.45, 7) is 0.833. The van der Waals surface area contributed by atoms with Gasteiger partial charge in [0.1, 0.15) is 5.82 Å². The second-order valence-electron chi connectivity index (χ2n) is 6.20. The van der Waals surface area contributed by atoms with Gasteiger partial charge in [-0.2, -0.15) is 0 Å². The zero-order valence-corrected chi connectivity index (χ0v) is 12.1. The van der Waals surface area contributed by atoms with Crippen molar-refractivity contribution in [2.75, 3.05) is 11.9 Å². The van der Waals surface area contributed by atoms with E-state index in [9.17, 15) is 9.90 Å². The molecule has 1 aromatic carbocycles. The average molecular weight is 295 g/mol. The van der Waals surface area contributed by atoms with Crippen molar-refractivity contribution in [2.45, 2.75) is 24.9 Å². The fourth-order valence-corrected chi connectivity index (χ4v) is 3.21. The number of aliphatic hydroxyl groups is 1. The van der Waals surface area contributed by atoms with Crippen molar-refractivity contribution in [1.29, 1.82) is 0 Å². The number of pyridine rings is 1. The molecule has 2 heterocycles. The number of primary amides is 1. The number of hydrogen-bond acceptors (Lipinski definition) is 4. The Labute approximate surface area is 128 Å². The summed E-state index contributed by atoms with van der Waals surface area (Å²) in [6, 6.07) is 7.40. The average Bonchev–Trinajstić information content (AvgIpc) is 3.24. The smallest absolute Gasteiger partial charge is 0.248 e. The predicted octanol–water partition coefficient (Wildman–Crippen LogP) is 1.80. The molecule has 1 aliphatic carbocycles. The molecular weight excluding hydrogens is 278 g/mol. The van der Waals surface area contributed by atoms with Gasteiger partial charge < -0.3 is 16.2 Å². The van der Waals surface area contributed by atoms with E-state index in [0.717, 1.165) is 23.5 Å². The van der Waals surface area contributed by atoms with E-state index in [2.05, 4.69) is 16.4 Å². The number of nitrogens with one attached hydrogen (secondary N) is 1. The van der Waals surface area contributed by atoms with Gasteiger partial charge in [-0.1, -0.05) is 0 Å². The van der Waals surface area contributed by atoms with Crippen LogP contribution in [0, 0.1) is 0 Å². The molecular formula is C17H17N3O2. The molecule has 22 heavy (non-hydrogen) atoms. The van der Waals surface area contributed by atoms with Crippen LogP contribution < -0.4 is 11.1 Å². The minimum absolute atomic E-state index is 0.127. The summed E-state index contributed by atoms with van der Waals surface area (Å²) in [5.74, 6) is 0.473. The molecule has 0 radical (unpaired) electrons. The van der Waals surface area contributed by atoms with Crippen LogP contribution in [0.2, 0.25) is 0 Å². The highest BCUT2D eigenvalue weighted by atomic mass is 16.3. The minimum Gasteiger partial charge on any atom is -0.392 e. The topological polar surface area (TPSA) is 88.2 Å². The number of anilines is 1. The first-order valence-corrected chi connectivity index (χ1v) is 7.41. The third-order valence-corrected chi connectivity index (χ3v) is 4.70. The Kier molecular flexibility index (Phi) is 2.74. The summed E-state index contributed by atoms with van der Waals surface area (Å²) < 4.78 is 0. The Morgan fingerprint density at radius 2 is 2.09 bits per heavy atom. The number of nitrogens with two attached hydrogens (primary N) is 1. The molecule has 0 atom stereocenters. The molecule has 5 heteroatoms. The summed E-state index contributed by atoms with van der Waals surface area (Å²) in [6.07, 6.45) is 4.19. The van der Waals surface area contributed by atoms with E-state index in [0.29, 0.717) is 11.1 Å². The Bertz CT molecular complexity index is 781. The summed E-state index contributed by atoms with van der Waals surface area (Å²) in [7, 11) is 0. The number of carbonyl (C=O) groups is 1. The van der Waals surface area contributed by atoms with E-state index in [-0.39, 0.29) is 12.0 Å². The predicted molar refractivity (Wildman–Crippen MR) is 83.5 cm³/mol.